The summed E-state index contributed by atoms with van der Waals surface area (Å²) in [4.78, 5) is 2.12. The predicted octanol–water partition coefficient (Wildman–Crippen LogP) is 1.05. The van der Waals surface area contributed by atoms with Crippen LogP contribution in [-0.4, -0.2) is 37.6 Å². The van der Waals surface area contributed by atoms with E-state index in [0.29, 0.717) is 19.0 Å². The smallest absolute Gasteiger partial charge is 0.210 e. The first-order valence-electron chi connectivity index (χ1n) is 5.37. The van der Waals surface area contributed by atoms with Crippen LogP contribution in [0.2, 0.25) is 0 Å². The minimum absolute atomic E-state index is 0.116. The number of ether oxygens (including phenoxy) is 1. The van der Waals surface area contributed by atoms with Crippen LogP contribution in [0.3, 0.4) is 0 Å². The zero-order chi connectivity index (χ0) is 13.0. The molecule has 1 aliphatic heterocycles. The second-order valence-corrected chi connectivity index (χ2v) is 4.93. The second kappa shape index (κ2) is 6.17. The van der Waals surface area contributed by atoms with Crippen LogP contribution in [-0.2, 0) is 4.74 Å². The van der Waals surface area contributed by atoms with Crippen LogP contribution in [0.1, 0.15) is 5.76 Å². The van der Waals surface area contributed by atoms with Crippen LogP contribution in [0.15, 0.2) is 20.1 Å². The molecule has 0 saturated carbocycles. The van der Waals surface area contributed by atoms with Crippen LogP contribution in [0.4, 0.5) is 5.88 Å². The van der Waals surface area contributed by atoms with Crippen LogP contribution in [0.5, 0.6) is 0 Å². The number of furan rings is 1. The minimum Gasteiger partial charge on any atom is -0.438 e. The lowest BCUT2D eigenvalue weighted by Gasteiger charge is -2.26. The van der Waals surface area contributed by atoms with Crippen molar-refractivity contribution < 1.29 is 9.15 Å². The fourth-order valence-corrected chi connectivity index (χ4v) is 2.19. The molecule has 1 aliphatic rings. The Morgan fingerprint density at radius 2 is 2.28 bits per heavy atom. The summed E-state index contributed by atoms with van der Waals surface area (Å²) in [6, 6.07) is 1.84. The van der Waals surface area contributed by atoms with E-state index in [1.54, 1.807) is 0 Å². The third-order valence-electron chi connectivity index (χ3n) is 2.35. The summed E-state index contributed by atoms with van der Waals surface area (Å²) in [6.45, 7) is 3.04. The maximum absolute atomic E-state index is 5.69. The highest BCUT2D eigenvalue weighted by Gasteiger charge is 2.18. The number of nitrogens with two attached hydrogens (primary N) is 1. The first-order chi connectivity index (χ1) is 8.66. The van der Waals surface area contributed by atoms with E-state index in [4.69, 9.17) is 14.9 Å². The van der Waals surface area contributed by atoms with Crippen LogP contribution < -0.4 is 16.1 Å². The molecule has 18 heavy (non-hydrogen) atoms. The molecule has 1 aromatic heterocycles. The molecule has 2 rings (SSSR count). The average molecular weight is 333 g/mol. The van der Waals surface area contributed by atoms with Crippen LogP contribution in [0.25, 0.3) is 0 Å². The first-order valence-corrected chi connectivity index (χ1v) is 6.57. The molecule has 2 heterocycles. The summed E-state index contributed by atoms with van der Waals surface area (Å²) in [5, 5.41) is 3.96. The Labute approximate surface area is 118 Å². The number of hydrazone groups is 1. The number of hydrogen-bond acceptors (Lipinski definition) is 5. The Morgan fingerprint density at radius 1 is 1.56 bits per heavy atom. The molecule has 0 unspecified atom stereocenters. The van der Waals surface area contributed by atoms with E-state index in [0.717, 1.165) is 23.4 Å². The molecule has 0 spiro atoms. The zero-order valence-electron chi connectivity index (χ0n) is 9.56. The van der Waals surface area contributed by atoms with Gasteiger partial charge in [0.05, 0.1) is 23.9 Å². The molecule has 98 valence electrons. The van der Waals surface area contributed by atoms with Gasteiger partial charge in [0.2, 0.25) is 5.88 Å². The number of halogens is 1. The van der Waals surface area contributed by atoms with Gasteiger partial charge >= 0.3 is 0 Å². The highest BCUT2D eigenvalue weighted by molar-refractivity contribution is 9.10. The van der Waals surface area contributed by atoms with Crippen LogP contribution in [0, 0.1) is 0 Å². The molecule has 6 nitrogen and oxygen atoms in total. The van der Waals surface area contributed by atoms with Crippen molar-refractivity contribution in [2.75, 3.05) is 31.2 Å². The monoisotopic (exact) mass is 332 g/mol. The Bertz CT molecular complexity index is 457. The standard InChI is InChI=1S/C10H13BrN4O2S/c11-8-5-7(6-13-14-10(12)18)17-9(8)15-1-3-16-4-2-15/h5-6H,1-4H2,(H3,12,14,18). The molecule has 8 heteroatoms. The molecule has 0 bridgehead atoms. The topological polar surface area (TPSA) is 76.0 Å². The quantitative estimate of drug-likeness (QED) is 0.489. The van der Waals surface area contributed by atoms with Crippen molar-refractivity contribution in [3.8, 4) is 0 Å². The number of hydrogen-bond donors (Lipinski definition) is 2. The van der Waals surface area contributed by atoms with Crippen molar-refractivity contribution in [3.05, 3.63) is 16.3 Å². The summed E-state index contributed by atoms with van der Waals surface area (Å²) < 4.78 is 11.9. The number of anilines is 1. The highest BCUT2D eigenvalue weighted by atomic mass is 79.9. The predicted molar refractivity (Wildman–Crippen MR) is 77.0 cm³/mol. The summed E-state index contributed by atoms with van der Waals surface area (Å²) in [5.74, 6) is 1.40. The summed E-state index contributed by atoms with van der Waals surface area (Å²) >= 11 is 8.10. The molecule has 0 amide bonds. The first kappa shape index (κ1) is 13.3. The third kappa shape index (κ3) is 3.44. The molecule has 0 aromatic carbocycles. The maximum Gasteiger partial charge on any atom is 0.210 e. The molecular weight excluding hydrogens is 320 g/mol. The summed E-state index contributed by atoms with van der Waals surface area (Å²) in [5.41, 5.74) is 7.73. The third-order valence-corrected chi connectivity index (χ3v) is 3.01. The van der Waals surface area contributed by atoms with E-state index in [1.807, 2.05) is 6.07 Å². The zero-order valence-corrected chi connectivity index (χ0v) is 12.0. The molecular formula is C10H13BrN4O2S. The van der Waals surface area contributed by atoms with Gasteiger partial charge in [0, 0.05) is 19.2 Å². The van der Waals surface area contributed by atoms with Crippen molar-refractivity contribution in [1.29, 1.82) is 0 Å². The molecule has 0 radical (unpaired) electrons. The Morgan fingerprint density at radius 3 is 2.94 bits per heavy atom. The van der Waals surface area contributed by atoms with E-state index < -0.39 is 0 Å². The van der Waals surface area contributed by atoms with Gasteiger partial charge in [-0.3, -0.25) is 5.43 Å². The van der Waals surface area contributed by atoms with Crippen LogP contribution >= 0.6 is 28.1 Å². The van der Waals surface area contributed by atoms with E-state index in [-0.39, 0.29) is 5.11 Å². The van der Waals surface area contributed by atoms with Gasteiger partial charge in [-0.2, -0.15) is 5.10 Å². The van der Waals surface area contributed by atoms with Gasteiger partial charge in [0.25, 0.3) is 0 Å². The van der Waals surface area contributed by atoms with E-state index in [2.05, 4.69) is 43.6 Å². The van der Waals surface area contributed by atoms with Crippen molar-refractivity contribution in [2.24, 2.45) is 10.8 Å². The minimum atomic E-state index is 0.116. The summed E-state index contributed by atoms with van der Waals surface area (Å²) in [6.07, 6.45) is 1.52. The second-order valence-electron chi connectivity index (χ2n) is 3.64. The number of nitrogens with one attached hydrogen (secondary N) is 1. The van der Waals surface area contributed by atoms with Crippen molar-refractivity contribution in [1.82, 2.24) is 5.43 Å². The normalized spacial score (nSPS) is 16.2. The lowest BCUT2D eigenvalue weighted by atomic mass is 10.4. The van der Waals surface area contributed by atoms with Gasteiger partial charge in [-0.05, 0) is 28.1 Å². The molecule has 0 atom stereocenters. The van der Waals surface area contributed by atoms with Crippen molar-refractivity contribution in [2.45, 2.75) is 0 Å². The van der Waals surface area contributed by atoms with Gasteiger partial charge in [-0.15, -0.1) is 0 Å². The fraction of sp³-hybridized carbons (Fsp3) is 0.400. The van der Waals surface area contributed by atoms with E-state index in [1.165, 1.54) is 6.21 Å². The lowest BCUT2D eigenvalue weighted by molar-refractivity contribution is 0.120. The van der Waals surface area contributed by atoms with E-state index in [9.17, 15) is 0 Å². The van der Waals surface area contributed by atoms with Gasteiger partial charge < -0.3 is 19.8 Å². The lowest BCUT2D eigenvalue weighted by Crippen LogP contribution is -2.36. The van der Waals surface area contributed by atoms with E-state index >= 15 is 0 Å². The molecule has 1 fully saturated rings. The Hall–Kier alpha value is -1.12. The fourth-order valence-electron chi connectivity index (χ4n) is 1.58. The Kier molecular flexibility index (Phi) is 4.56. The summed E-state index contributed by atoms with van der Waals surface area (Å²) in [7, 11) is 0. The number of thiocarbonyl (C=S) groups is 1. The molecule has 1 saturated heterocycles. The van der Waals surface area contributed by atoms with Gasteiger partial charge in [-0.1, -0.05) is 0 Å². The average Bonchev–Trinajstić information content (AvgIpc) is 2.71. The SMILES string of the molecule is NC(=S)NN=Cc1cc(Br)c(N2CCOCC2)o1. The molecule has 0 aliphatic carbocycles. The largest absolute Gasteiger partial charge is 0.438 e. The number of morpholine rings is 1. The van der Waals surface area contributed by atoms with Gasteiger partial charge in [0.1, 0.15) is 0 Å². The number of nitrogens with zero attached hydrogens (tertiary/aromatic N) is 2. The maximum atomic E-state index is 5.69. The Balaban J connectivity index is 2.06. The molecule has 1 aromatic rings. The van der Waals surface area contributed by atoms with Gasteiger partial charge in [-0.25, -0.2) is 0 Å². The number of rotatable bonds is 3. The van der Waals surface area contributed by atoms with Crippen molar-refractivity contribution >= 4 is 45.4 Å². The molecule has 3 N–H and O–H groups in total. The van der Waals surface area contributed by atoms with Crippen molar-refractivity contribution in [3.63, 3.8) is 0 Å². The van der Waals surface area contributed by atoms with Gasteiger partial charge in [0.15, 0.2) is 10.9 Å². The highest BCUT2D eigenvalue weighted by Crippen LogP contribution is 2.30.